The van der Waals surface area contributed by atoms with E-state index in [1.54, 1.807) is 77.1 Å². The molecule has 0 aliphatic rings. The molecule has 0 fully saturated rings. The van der Waals surface area contributed by atoms with Crippen LogP contribution < -0.4 is 33.4 Å². The van der Waals surface area contributed by atoms with Gasteiger partial charge in [-0.15, -0.1) is 0 Å². The Labute approximate surface area is 748 Å². The summed E-state index contributed by atoms with van der Waals surface area (Å²) in [6.45, 7) is 17.1. The van der Waals surface area contributed by atoms with Crippen LogP contribution in [0.2, 0.25) is 20.2 Å². The van der Waals surface area contributed by atoms with Crippen LogP contribution in [0.4, 0.5) is 0 Å². The van der Waals surface area contributed by atoms with Gasteiger partial charge in [-0.3, -0.25) is 63.4 Å². The fraction of sp³-hybridized carbons (Fsp3) is 0.186. The first-order valence-corrected chi connectivity index (χ1v) is 45.1. The molecule has 37 heteroatoms. The lowest BCUT2D eigenvalue weighted by Gasteiger charge is -2.13. The monoisotopic (exact) mass is 1830 g/mol. The number of fused-ring (bicyclic) bond motifs is 5. The number of pyridine rings is 3. The maximum absolute atomic E-state index is 11.5. The van der Waals surface area contributed by atoms with Gasteiger partial charge in [0.05, 0.1) is 49.0 Å². The smallest absolute Gasteiger partial charge is 0.251 e. The van der Waals surface area contributed by atoms with Crippen LogP contribution in [0.5, 0.6) is 0 Å². The second-order valence-corrected chi connectivity index (χ2v) is 34.7. The van der Waals surface area contributed by atoms with E-state index in [-0.39, 0.29) is 33.4 Å². The number of benzene rings is 5. The molecule has 12 heterocycles. The van der Waals surface area contributed by atoms with Crippen LogP contribution in [0.15, 0.2) is 249 Å². The second-order valence-electron chi connectivity index (χ2n) is 27.3. The number of hydrogen-bond donors (Lipinski definition) is 6. The highest BCUT2D eigenvalue weighted by molar-refractivity contribution is 7.99. The van der Waals surface area contributed by atoms with Crippen molar-refractivity contribution in [2.45, 2.75) is 134 Å². The lowest BCUT2D eigenvalue weighted by molar-refractivity contribution is 0.731. The first-order chi connectivity index (χ1) is 59.2. The third kappa shape index (κ3) is 25.9. The highest BCUT2D eigenvalue weighted by atomic mass is 35.5. The van der Waals surface area contributed by atoms with Gasteiger partial charge < -0.3 is 29.9 Å². The number of aryl methyl sites for hydroxylation is 7. The Morgan fingerprint density at radius 1 is 0.350 bits per heavy atom. The third-order valence-electron chi connectivity index (χ3n) is 17.7. The van der Waals surface area contributed by atoms with Crippen molar-refractivity contribution in [3.63, 3.8) is 0 Å². The van der Waals surface area contributed by atoms with Crippen LogP contribution in [0.1, 0.15) is 93.0 Å². The third-order valence-corrected chi connectivity index (χ3v) is 24.4. The van der Waals surface area contributed by atoms with E-state index in [9.17, 15) is 28.8 Å². The van der Waals surface area contributed by atoms with Crippen LogP contribution in [0, 0.1) is 48.5 Å². The van der Waals surface area contributed by atoms with Gasteiger partial charge in [0, 0.05) is 187 Å². The normalized spacial score (nSPS) is 11.0. The molecule has 0 saturated carbocycles. The van der Waals surface area contributed by atoms with Crippen molar-refractivity contribution in [3.8, 4) is 0 Å². The van der Waals surface area contributed by atoms with Gasteiger partial charge in [0.1, 0.15) is 5.15 Å². The van der Waals surface area contributed by atoms with E-state index in [0.29, 0.717) is 120 Å². The topological polar surface area (TPSA) is 383 Å². The van der Waals surface area contributed by atoms with Crippen molar-refractivity contribution in [3.05, 3.63) is 345 Å². The SMILES string of the molecule is Cc1cc(=O)[nH]c(SCc2c(Cl)ccc3nccnc23)n1.Cc1cc(=O)[nH]c(SCc2c(Cl)cnc3ccccc23)n1.Cc1cc(=O)[nH]c(SCc2c(Cl)cncc2C(C)C)n1.Cc1cc(=O)[nH]c(SCc2c(Cl)ncc3ccccc23)n1.Cc1cc(=O)[nH]c(SCc2cccc3nccnc23)n1.Cc1cc(=O)[nH]c(SCn2nc3ccccc3c2C)n1. The Kier molecular flexibility index (Phi) is 32.3. The zero-order valence-corrected chi connectivity index (χ0v) is 75.3. The standard InChI is InChI=1S/2C15H12ClN3OS.C14H11ClN4OS.C14H16ClN3OS.C14H14N4OS.C14H12N4OS/c1-9-6-14(20)19-15(18-9)21-8-11-10-4-2-3-5-13(10)17-7-12(11)16;1-9-6-13(20)19-15(18-9)21-8-12-11-5-3-2-4-10(11)7-17-14(12)16;1-8-6-12(20)19-14(18-8)21-7-9-10(15)2-3-11-13(9)17-5-4-16-11;1-8(2)10-5-16-6-12(15)11(10)7-20-14-17-9(3)4-13(19)18-14;1-9-7-13(19)16-14(15-9)20-8-18-10(2)11-5-3-4-6-12(11)17-18;1-9-7-12(19)18-14(17-9)20-8-10-3-2-4-11-13(10)16-6-5-15-11/h2*2-7H,8H2,1H3,(H,18,19,20);2-6H,7H2,1H3,(H,18,19,20);4-6,8H,7H2,1-3H3,(H,17,18,19);3-7H,8H2,1-2H3,(H,15,16,19);2-7H,8H2,1H3,(H,17,18,19). The van der Waals surface area contributed by atoms with Gasteiger partial charge in [-0.05, 0) is 112 Å². The number of aromatic nitrogens is 21. The summed E-state index contributed by atoms with van der Waals surface area (Å²) in [4.78, 5) is 141. The Bertz CT molecular complexity index is 6690. The summed E-state index contributed by atoms with van der Waals surface area (Å²) in [5, 5.41) is 14.8. The average Bonchev–Trinajstić information content (AvgIpc) is 1.75. The first-order valence-electron chi connectivity index (χ1n) is 37.6. The van der Waals surface area contributed by atoms with Gasteiger partial charge in [0.25, 0.3) is 33.4 Å². The van der Waals surface area contributed by atoms with Gasteiger partial charge in [-0.2, -0.15) is 5.10 Å². The minimum atomic E-state index is -0.159. The van der Waals surface area contributed by atoms with Crippen LogP contribution in [-0.2, 0) is 34.6 Å². The highest BCUT2D eigenvalue weighted by Gasteiger charge is 2.17. The summed E-state index contributed by atoms with van der Waals surface area (Å²) in [5.74, 6) is 4.08. The number of para-hydroxylation sites is 2. The Morgan fingerprint density at radius 2 is 0.764 bits per heavy atom. The summed E-state index contributed by atoms with van der Waals surface area (Å²) in [5.41, 5.74) is 15.8. The molecule has 0 radical (unpaired) electrons. The number of halogens is 4. The molecule has 0 saturated heterocycles. The van der Waals surface area contributed by atoms with Crippen molar-refractivity contribution < 1.29 is 0 Å². The molecular weight excluding hydrogens is 1760 g/mol. The average molecular weight is 1830 g/mol. The number of rotatable bonds is 19. The molecule has 17 aromatic rings. The van der Waals surface area contributed by atoms with Crippen molar-refractivity contribution in [2.24, 2.45) is 0 Å². The molecule has 0 atom stereocenters. The minimum absolute atomic E-state index is 0.123. The molecule has 12 aromatic heterocycles. The largest absolute Gasteiger partial charge is 0.301 e. The lowest BCUT2D eigenvalue weighted by Crippen LogP contribution is -2.09. The maximum atomic E-state index is 11.5. The Morgan fingerprint density at radius 3 is 1.28 bits per heavy atom. The van der Waals surface area contributed by atoms with E-state index in [2.05, 4.69) is 120 Å². The predicted octanol–water partition coefficient (Wildman–Crippen LogP) is 18.5. The van der Waals surface area contributed by atoms with E-state index in [4.69, 9.17) is 46.4 Å². The molecular formula is C86H77Cl4N21O6S6. The second kappa shape index (κ2) is 43.7. The molecule has 0 aliphatic heterocycles. The number of nitrogens with zero attached hydrogens (tertiary/aromatic N) is 15. The van der Waals surface area contributed by atoms with Gasteiger partial charge in [0.2, 0.25) is 0 Å². The van der Waals surface area contributed by atoms with Crippen molar-refractivity contribution in [1.82, 2.24) is 104 Å². The lowest BCUT2D eigenvalue weighted by atomic mass is 10.0. The van der Waals surface area contributed by atoms with Crippen molar-refractivity contribution in [2.75, 3.05) is 0 Å². The number of aromatic amines is 6. The zero-order chi connectivity index (χ0) is 87.2. The molecule has 6 N–H and O–H groups in total. The van der Waals surface area contributed by atoms with Crippen LogP contribution in [0.25, 0.3) is 54.6 Å². The highest BCUT2D eigenvalue weighted by Crippen LogP contribution is 2.35. The van der Waals surface area contributed by atoms with Crippen LogP contribution in [0.3, 0.4) is 0 Å². The number of thioether (sulfide) groups is 6. The number of H-pyrrole nitrogens is 6. The number of hydrogen-bond acceptors (Lipinski definition) is 26. The summed E-state index contributed by atoms with van der Waals surface area (Å²) >= 11 is 33.7. The fourth-order valence-electron chi connectivity index (χ4n) is 12.0. The summed E-state index contributed by atoms with van der Waals surface area (Å²) < 4.78 is 1.93. The van der Waals surface area contributed by atoms with Crippen molar-refractivity contribution in [1.29, 1.82) is 0 Å². The molecule has 0 bridgehead atoms. The van der Waals surface area contributed by atoms with E-state index in [1.807, 2.05) is 123 Å². The molecule has 123 heavy (non-hydrogen) atoms. The fourth-order valence-corrected chi connectivity index (χ4v) is 18.9. The Hall–Kier alpha value is -11.2. The molecule has 0 unspecified atom stereocenters. The van der Waals surface area contributed by atoms with E-state index in [1.165, 1.54) is 107 Å². The molecule has 0 amide bonds. The molecule has 5 aromatic carbocycles. The van der Waals surface area contributed by atoms with E-state index < -0.39 is 0 Å². The van der Waals surface area contributed by atoms with Gasteiger partial charge >= 0.3 is 0 Å². The Balaban J connectivity index is 0.000000135. The van der Waals surface area contributed by atoms with Crippen molar-refractivity contribution >= 4 is 172 Å². The summed E-state index contributed by atoms with van der Waals surface area (Å²) in [7, 11) is 0. The quantitative estimate of drug-likeness (QED) is 0.0249. The zero-order valence-electron chi connectivity index (χ0n) is 67.3. The first kappa shape index (κ1) is 91.0. The molecule has 17 rings (SSSR count). The summed E-state index contributed by atoms with van der Waals surface area (Å²) in [6.07, 6.45) is 13.6. The van der Waals surface area contributed by atoms with Crippen LogP contribution >= 0.6 is 117 Å². The van der Waals surface area contributed by atoms with Gasteiger partial charge in [-0.25, -0.2) is 34.9 Å². The van der Waals surface area contributed by atoms with Crippen LogP contribution in [-0.4, -0.2) is 104 Å². The van der Waals surface area contributed by atoms with Gasteiger partial charge in [-0.1, -0.05) is 204 Å². The maximum Gasteiger partial charge on any atom is 0.251 e. The molecule has 626 valence electrons. The molecule has 0 aliphatic carbocycles. The summed E-state index contributed by atoms with van der Waals surface area (Å²) in [6, 6.07) is 42.2. The number of nitrogens with one attached hydrogen (secondary N) is 6. The molecule has 0 spiro atoms. The van der Waals surface area contributed by atoms with E-state index in [0.717, 1.165) is 99.4 Å². The molecule has 27 nitrogen and oxygen atoms in total. The predicted molar refractivity (Wildman–Crippen MR) is 497 cm³/mol. The minimum Gasteiger partial charge on any atom is -0.301 e. The van der Waals surface area contributed by atoms with Gasteiger partial charge in [0.15, 0.2) is 30.9 Å². The van der Waals surface area contributed by atoms with E-state index >= 15 is 0 Å².